The molecule has 0 radical (unpaired) electrons. The lowest BCUT2D eigenvalue weighted by molar-refractivity contribution is -0.244. The molecule has 0 unspecified atom stereocenters. The van der Waals surface area contributed by atoms with Crippen molar-refractivity contribution in [2.75, 3.05) is 0 Å². The van der Waals surface area contributed by atoms with E-state index in [0.717, 1.165) is 25.7 Å². The molecular formula is C20H38N4O2. The summed E-state index contributed by atoms with van der Waals surface area (Å²) in [6, 6.07) is 0.365. The quantitative estimate of drug-likeness (QED) is 0.742. The van der Waals surface area contributed by atoms with Crippen LogP contribution in [0.4, 0.5) is 0 Å². The monoisotopic (exact) mass is 366 g/mol. The lowest BCUT2D eigenvalue weighted by atomic mass is 9.79. The van der Waals surface area contributed by atoms with E-state index in [1.165, 1.54) is 10.1 Å². The van der Waals surface area contributed by atoms with Crippen molar-refractivity contribution in [2.24, 2.45) is 9.98 Å². The van der Waals surface area contributed by atoms with Gasteiger partial charge in [0, 0.05) is 34.6 Å². The van der Waals surface area contributed by atoms with Gasteiger partial charge in [0.05, 0.1) is 12.1 Å². The first-order valence-electron chi connectivity index (χ1n) is 9.71. The second-order valence-corrected chi connectivity index (χ2v) is 10.6. The first-order valence-corrected chi connectivity index (χ1v) is 9.71. The molecule has 2 fully saturated rings. The van der Waals surface area contributed by atoms with Crippen LogP contribution in [0.1, 0.15) is 81.1 Å². The van der Waals surface area contributed by atoms with E-state index < -0.39 is 0 Å². The van der Waals surface area contributed by atoms with Gasteiger partial charge in [-0.2, -0.15) is 10.1 Å². The molecule has 150 valence electrons. The number of nitrogens with zero attached hydrogens (tertiary/aromatic N) is 4. The van der Waals surface area contributed by atoms with Gasteiger partial charge in [-0.25, -0.2) is 0 Å². The fourth-order valence-electron chi connectivity index (χ4n) is 4.97. The Hall–Kier alpha value is -0.820. The normalized spacial score (nSPS) is 30.4. The van der Waals surface area contributed by atoms with Crippen molar-refractivity contribution in [3.63, 3.8) is 0 Å². The zero-order chi connectivity index (χ0) is 20.0. The molecule has 6 nitrogen and oxygen atoms in total. The molecule has 26 heavy (non-hydrogen) atoms. The molecule has 0 atom stereocenters. The Morgan fingerprint density at radius 2 is 0.846 bits per heavy atom. The van der Waals surface area contributed by atoms with Crippen molar-refractivity contribution in [3.05, 3.63) is 0 Å². The number of piperidine rings is 2. The molecule has 2 heterocycles. The van der Waals surface area contributed by atoms with Gasteiger partial charge in [-0.05, 0) is 81.1 Å². The summed E-state index contributed by atoms with van der Waals surface area (Å²) in [6.45, 7) is 16.4. The average molecular weight is 367 g/mol. The molecule has 2 N–H and O–H groups in total. The van der Waals surface area contributed by atoms with E-state index in [1.807, 2.05) is 12.4 Å². The van der Waals surface area contributed by atoms with Crippen LogP contribution in [-0.2, 0) is 0 Å². The molecular weight excluding hydrogens is 328 g/mol. The van der Waals surface area contributed by atoms with Crippen LogP contribution in [0.2, 0.25) is 0 Å². The maximum absolute atomic E-state index is 10.4. The van der Waals surface area contributed by atoms with E-state index in [9.17, 15) is 10.4 Å². The molecule has 0 aromatic carbocycles. The predicted molar refractivity (Wildman–Crippen MR) is 107 cm³/mol. The van der Waals surface area contributed by atoms with Gasteiger partial charge in [0.15, 0.2) is 0 Å². The van der Waals surface area contributed by atoms with Gasteiger partial charge >= 0.3 is 0 Å². The van der Waals surface area contributed by atoms with E-state index in [1.54, 1.807) is 0 Å². The fourth-order valence-corrected chi connectivity index (χ4v) is 4.97. The fraction of sp³-hybridized carbons (Fsp3) is 0.900. The van der Waals surface area contributed by atoms with Crippen LogP contribution in [0.5, 0.6) is 0 Å². The largest absolute Gasteiger partial charge is 0.313 e. The zero-order valence-electron chi connectivity index (χ0n) is 17.8. The Kier molecular flexibility index (Phi) is 5.76. The standard InChI is InChI=1S/C20H38N4O2/c1-17(2)11-15(12-18(3,4)23(17)25)21-9-10-22-16-13-19(5,6)24(26)20(7,8)14-16/h9-10,15-16,25-26H,11-14H2,1-8H3. The van der Waals surface area contributed by atoms with Gasteiger partial charge < -0.3 is 10.4 Å². The summed E-state index contributed by atoms with van der Waals surface area (Å²) in [4.78, 5) is 9.42. The molecule has 0 aromatic rings. The van der Waals surface area contributed by atoms with E-state index in [4.69, 9.17) is 9.98 Å². The first kappa shape index (κ1) is 21.5. The lowest BCUT2D eigenvalue weighted by Crippen LogP contribution is -2.60. The maximum atomic E-state index is 10.4. The second kappa shape index (κ2) is 6.97. The molecule has 0 bridgehead atoms. The van der Waals surface area contributed by atoms with Crippen LogP contribution < -0.4 is 0 Å². The van der Waals surface area contributed by atoms with Gasteiger partial charge in [0.25, 0.3) is 0 Å². The average Bonchev–Trinajstić information content (AvgIpc) is 2.45. The molecule has 2 aliphatic rings. The van der Waals surface area contributed by atoms with Crippen molar-refractivity contribution < 1.29 is 10.4 Å². The summed E-state index contributed by atoms with van der Waals surface area (Å²) < 4.78 is 0. The number of hydrogen-bond acceptors (Lipinski definition) is 6. The van der Waals surface area contributed by atoms with Gasteiger partial charge in [-0.1, -0.05) is 0 Å². The van der Waals surface area contributed by atoms with Crippen LogP contribution in [0.25, 0.3) is 0 Å². The van der Waals surface area contributed by atoms with Crippen LogP contribution in [-0.4, -0.2) is 67.2 Å². The highest BCUT2D eigenvalue weighted by atomic mass is 16.5. The molecule has 2 aliphatic heterocycles. The third-order valence-electron chi connectivity index (χ3n) is 5.89. The highest BCUT2D eigenvalue weighted by molar-refractivity contribution is 6.16. The molecule has 2 rings (SSSR count). The maximum Gasteiger partial charge on any atom is 0.0536 e. The minimum Gasteiger partial charge on any atom is -0.313 e. The Labute approximate surface area is 158 Å². The zero-order valence-corrected chi connectivity index (χ0v) is 17.8. The number of hydroxylamine groups is 4. The molecule has 0 saturated carbocycles. The van der Waals surface area contributed by atoms with Crippen molar-refractivity contribution >= 4 is 12.4 Å². The Bertz CT molecular complexity index is 480. The Morgan fingerprint density at radius 1 is 0.615 bits per heavy atom. The second-order valence-electron chi connectivity index (χ2n) is 10.6. The highest BCUT2D eigenvalue weighted by Crippen LogP contribution is 2.39. The van der Waals surface area contributed by atoms with Gasteiger partial charge in [0.2, 0.25) is 0 Å². The smallest absolute Gasteiger partial charge is 0.0536 e. The lowest BCUT2D eigenvalue weighted by Gasteiger charge is -2.50. The molecule has 0 spiro atoms. The molecule has 0 aromatic heterocycles. The summed E-state index contributed by atoms with van der Waals surface area (Å²) in [7, 11) is 0. The predicted octanol–water partition coefficient (Wildman–Crippen LogP) is 3.95. The third kappa shape index (κ3) is 4.53. The third-order valence-corrected chi connectivity index (χ3v) is 5.89. The molecule has 6 heteroatoms. The van der Waals surface area contributed by atoms with Crippen LogP contribution in [0.15, 0.2) is 9.98 Å². The SMILES string of the molecule is CC1(C)CC(N=CC=NC2CC(C)(C)N(O)C(C)(C)C2)CC(C)(C)N1O. The Balaban J connectivity index is 2.00. The van der Waals surface area contributed by atoms with E-state index in [0.29, 0.717) is 0 Å². The Morgan fingerprint density at radius 3 is 1.08 bits per heavy atom. The van der Waals surface area contributed by atoms with E-state index in [-0.39, 0.29) is 34.2 Å². The summed E-state index contributed by atoms with van der Waals surface area (Å²) in [5.41, 5.74) is -1.16. The first-order chi connectivity index (χ1) is 11.7. The minimum atomic E-state index is -0.289. The van der Waals surface area contributed by atoms with E-state index in [2.05, 4.69) is 55.4 Å². The van der Waals surface area contributed by atoms with Crippen LogP contribution >= 0.6 is 0 Å². The van der Waals surface area contributed by atoms with Crippen LogP contribution in [0, 0.1) is 0 Å². The summed E-state index contributed by atoms with van der Waals surface area (Å²) in [5.74, 6) is 0. The van der Waals surface area contributed by atoms with Crippen LogP contribution in [0.3, 0.4) is 0 Å². The molecule has 2 saturated heterocycles. The summed E-state index contributed by atoms with van der Waals surface area (Å²) in [5, 5.41) is 23.7. The van der Waals surface area contributed by atoms with Crippen molar-refractivity contribution in [1.82, 2.24) is 10.1 Å². The minimum absolute atomic E-state index is 0.182. The molecule has 0 aliphatic carbocycles. The van der Waals surface area contributed by atoms with Gasteiger partial charge in [0.1, 0.15) is 0 Å². The van der Waals surface area contributed by atoms with Crippen molar-refractivity contribution in [1.29, 1.82) is 0 Å². The summed E-state index contributed by atoms with van der Waals surface area (Å²) in [6.07, 6.45) is 6.91. The van der Waals surface area contributed by atoms with E-state index >= 15 is 0 Å². The van der Waals surface area contributed by atoms with Gasteiger partial charge in [-0.3, -0.25) is 9.98 Å². The topological polar surface area (TPSA) is 71.7 Å². The highest BCUT2D eigenvalue weighted by Gasteiger charge is 2.45. The number of aliphatic imine (C=N–C) groups is 2. The molecule has 0 amide bonds. The summed E-state index contributed by atoms with van der Waals surface area (Å²) >= 11 is 0. The van der Waals surface area contributed by atoms with Gasteiger partial charge in [-0.15, -0.1) is 0 Å². The van der Waals surface area contributed by atoms with Crippen molar-refractivity contribution in [3.8, 4) is 0 Å². The van der Waals surface area contributed by atoms with Crippen molar-refractivity contribution in [2.45, 2.75) is 115 Å². The number of hydrogen-bond donors (Lipinski definition) is 2. The number of rotatable bonds is 3.